The molecule has 1 N–H and O–H groups in total. The molecule has 1 amide bonds. The van der Waals surface area contributed by atoms with Gasteiger partial charge in [0.15, 0.2) is 0 Å². The molecule has 1 aliphatic heterocycles. The first-order chi connectivity index (χ1) is 12.1. The summed E-state index contributed by atoms with van der Waals surface area (Å²) in [6.45, 7) is 2.05. The zero-order valence-corrected chi connectivity index (χ0v) is 14.1. The van der Waals surface area contributed by atoms with E-state index < -0.39 is 5.97 Å². The van der Waals surface area contributed by atoms with Crippen LogP contribution in [0.3, 0.4) is 0 Å². The van der Waals surface area contributed by atoms with Gasteiger partial charge in [0.1, 0.15) is 6.54 Å². The molecule has 0 unspecified atom stereocenters. The Kier molecular flexibility index (Phi) is 5.47. The molecule has 8 heteroatoms. The van der Waals surface area contributed by atoms with Crippen molar-refractivity contribution in [1.82, 2.24) is 24.2 Å². The maximum absolute atomic E-state index is 12.5. The molecule has 8 nitrogen and oxygen atoms in total. The molecule has 3 heterocycles. The number of hydrogen-bond donors (Lipinski definition) is 1. The number of likely N-dealkylation sites (tertiary alicyclic amines) is 1. The van der Waals surface area contributed by atoms with Gasteiger partial charge in [-0.25, -0.2) is 4.98 Å². The Morgan fingerprint density at radius 3 is 2.96 bits per heavy atom. The molecule has 3 rings (SSSR count). The van der Waals surface area contributed by atoms with E-state index in [2.05, 4.69) is 10.1 Å². The van der Waals surface area contributed by atoms with Gasteiger partial charge < -0.3 is 14.6 Å². The van der Waals surface area contributed by atoms with E-state index in [1.807, 2.05) is 21.7 Å². The highest BCUT2D eigenvalue weighted by Crippen LogP contribution is 2.27. The Labute approximate surface area is 146 Å². The van der Waals surface area contributed by atoms with Crippen molar-refractivity contribution >= 4 is 11.9 Å². The standard InChI is InChI=1S/C17H23N5O3/c23-16(4-2-8-20-10-7-18-13-20)21-9-1-3-14(11-21)15-5-6-19-22(15)12-17(24)25/h5-7,10,13-14H,1-4,8-9,11-12H2,(H,24,25)/t14-/m0/s1. The number of carboxylic acids is 1. The number of aryl methyl sites for hydroxylation is 1. The minimum atomic E-state index is -0.909. The van der Waals surface area contributed by atoms with Crippen LogP contribution in [0.5, 0.6) is 0 Å². The molecule has 25 heavy (non-hydrogen) atoms. The lowest BCUT2D eigenvalue weighted by molar-refractivity contribution is -0.138. The summed E-state index contributed by atoms with van der Waals surface area (Å²) in [5.41, 5.74) is 0.901. The first-order valence-electron chi connectivity index (χ1n) is 8.60. The van der Waals surface area contributed by atoms with Crippen LogP contribution in [0.15, 0.2) is 31.0 Å². The average Bonchev–Trinajstić information content (AvgIpc) is 3.26. The highest BCUT2D eigenvalue weighted by molar-refractivity contribution is 5.76. The first kappa shape index (κ1) is 17.2. The number of nitrogens with zero attached hydrogens (tertiary/aromatic N) is 5. The van der Waals surface area contributed by atoms with Gasteiger partial charge in [0, 0.05) is 56.3 Å². The van der Waals surface area contributed by atoms with Gasteiger partial charge in [-0.2, -0.15) is 5.10 Å². The number of piperidine rings is 1. The highest BCUT2D eigenvalue weighted by atomic mass is 16.4. The molecule has 2 aromatic rings. The van der Waals surface area contributed by atoms with E-state index in [1.54, 1.807) is 18.7 Å². The van der Waals surface area contributed by atoms with Gasteiger partial charge in [0.25, 0.3) is 0 Å². The molecule has 0 bridgehead atoms. The molecule has 1 saturated heterocycles. The summed E-state index contributed by atoms with van der Waals surface area (Å²) >= 11 is 0. The third-order valence-electron chi connectivity index (χ3n) is 4.59. The molecule has 134 valence electrons. The second-order valence-electron chi connectivity index (χ2n) is 6.39. The summed E-state index contributed by atoms with van der Waals surface area (Å²) in [5, 5.41) is 13.1. The minimum absolute atomic E-state index is 0.141. The van der Waals surface area contributed by atoms with Gasteiger partial charge in [-0.05, 0) is 25.3 Å². The number of hydrogen-bond acceptors (Lipinski definition) is 4. The van der Waals surface area contributed by atoms with Crippen molar-refractivity contribution in [3.05, 3.63) is 36.7 Å². The fourth-order valence-corrected chi connectivity index (χ4v) is 3.38. The van der Waals surface area contributed by atoms with E-state index in [0.29, 0.717) is 13.0 Å². The Hall–Kier alpha value is -2.64. The topological polar surface area (TPSA) is 93.3 Å². The number of rotatable bonds is 7. The van der Waals surface area contributed by atoms with Gasteiger partial charge in [-0.15, -0.1) is 0 Å². The number of carbonyl (C=O) groups is 2. The molecular weight excluding hydrogens is 322 g/mol. The van der Waals surface area contributed by atoms with Crippen LogP contribution in [0.2, 0.25) is 0 Å². The van der Waals surface area contributed by atoms with Crippen molar-refractivity contribution in [3.63, 3.8) is 0 Å². The summed E-state index contributed by atoms with van der Waals surface area (Å²) in [6, 6.07) is 1.86. The normalized spacial score (nSPS) is 17.6. The molecule has 1 aliphatic rings. The van der Waals surface area contributed by atoms with Crippen LogP contribution in [0.4, 0.5) is 0 Å². The van der Waals surface area contributed by atoms with Crippen LogP contribution >= 0.6 is 0 Å². The third-order valence-corrected chi connectivity index (χ3v) is 4.59. The highest BCUT2D eigenvalue weighted by Gasteiger charge is 2.26. The average molecular weight is 345 g/mol. The van der Waals surface area contributed by atoms with Crippen LogP contribution in [0, 0.1) is 0 Å². The van der Waals surface area contributed by atoms with Crippen molar-refractivity contribution in [2.24, 2.45) is 0 Å². The smallest absolute Gasteiger partial charge is 0.325 e. The monoisotopic (exact) mass is 345 g/mol. The second kappa shape index (κ2) is 7.96. The van der Waals surface area contributed by atoms with E-state index in [0.717, 1.165) is 38.0 Å². The van der Waals surface area contributed by atoms with Crippen molar-refractivity contribution in [2.45, 2.75) is 44.7 Å². The lowest BCUT2D eigenvalue weighted by atomic mass is 9.94. The van der Waals surface area contributed by atoms with E-state index in [1.165, 1.54) is 4.68 Å². The number of aromatic nitrogens is 4. The van der Waals surface area contributed by atoms with E-state index in [9.17, 15) is 9.59 Å². The zero-order valence-electron chi connectivity index (χ0n) is 14.1. The molecule has 1 fully saturated rings. The van der Waals surface area contributed by atoms with Crippen LogP contribution in [0.1, 0.15) is 37.3 Å². The molecule has 0 radical (unpaired) electrons. The quantitative estimate of drug-likeness (QED) is 0.817. The Morgan fingerprint density at radius 2 is 2.20 bits per heavy atom. The van der Waals surface area contributed by atoms with Crippen molar-refractivity contribution in [3.8, 4) is 0 Å². The SMILES string of the molecule is O=C(O)Cn1nccc1[C@H]1CCCN(C(=O)CCCn2ccnc2)C1. The van der Waals surface area contributed by atoms with Gasteiger partial charge in [-0.1, -0.05) is 0 Å². The summed E-state index contributed by atoms with van der Waals surface area (Å²) in [7, 11) is 0. The number of aliphatic carboxylic acids is 1. The predicted octanol–water partition coefficient (Wildman–Crippen LogP) is 1.35. The molecular formula is C17H23N5O3. The van der Waals surface area contributed by atoms with Gasteiger partial charge in [0.2, 0.25) is 5.91 Å². The Morgan fingerprint density at radius 1 is 1.32 bits per heavy atom. The third kappa shape index (κ3) is 4.46. The molecule has 1 atom stereocenters. The van der Waals surface area contributed by atoms with E-state index in [-0.39, 0.29) is 18.4 Å². The molecule has 0 spiro atoms. The van der Waals surface area contributed by atoms with Crippen LogP contribution in [0.25, 0.3) is 0 Å². The summed E-state index contributed by atoms with van der Waals surface area (Å²) < 4.78 is 3.50. The van der Waals surface area contributed by atoms with Crippen molar-refractivity contribution in [1.29, 1.82) is 0 Å². The molecule has 0 aliphatic carbocycles. The molecule has 2 aromatic heterocycles. The second-order valence-corrected chi connectivity index (χ2v) is 6.39. The number of amides is 1. The largest absolute Gasteiger partial charge is 0.480 e. The van der Waals surface area contributed by atoms with E-state index >= 15 is 0 Å². The predicted molar refractivity (Wildman–Crippen MR) is 89.9 cm³/mol. The number of carbonyl (C=O) groups excluding carboxylic acids is 1. The number of imidazole rings is 1. The van der Waals surface area contributed by atoms with Crippen molar-refractivity contribution in [2.75, 3.05) is 13.1 Å². The van der Waals surface area contributed by atoms with Crippen LogP contribution < -0.4 is 0 Å². The molecule has 0 saturated carbocycles. The lowest BCUT2D eigenvalue weighted by Gasteiger charge is -2.33. The van der Waals surface area contributed by atoms with Gasteiger partial charge in [0.05, 0.1) is 6.33 Å². The summed E-state index contributed by atoms with van der Waals surface area (Å²) in [6.07, 6.45) is 10.2. The zero-order chi connectivity index (χ0) is 17.6. The Balaban J connectivity index is 1.54. The van der Waals surface area contributed by atoms with E-state index in [4.69, 9.17) is 5.11 Å². The Bertz CT molecular complexity index is 710. The number of carboxylic acid groups (broad SMARTS) is 1. The fraction of sp³-hybridized carbons (Fsp3) is 0.529. The fourth-order valence-electron chi connectivity index (χ4n) is 3.38. The van der Waals surface area contributed by atoms with Crippen LogP contribution in [-0.4, -0.2) is 54.3 Å². The summed E-state index contributed by atoms with van der Waals surface area (Å²) in [5.74, 6) is -0.601. The minimum Gasteiger partial charge on any atom is -0.480 e. The lowest BCUT2D eigenvalue weighted by Crippen LogP contribution is -2.39. The maximum atomic E-state index is 12.5. The maximum Gasteiger partial charge on any atom is 0.325 e. The van der Waals surface area contributed by atoms with Crippen LogP contribution in [-0.2, 0) is 22.7 Å². The first-order valence-corrected chi connectivity index (χ1v) is 8.60. The molecule has 0 aromatic carbocycles. The van der Waals surface area contributed by atoms with Crippen molar-refractivity contribution < 1.29 is 14.7 Å². The van der Waals surface area contributed by atoms with Gasteiger partial charge >= 0.3 is 5.97 Å². The van der Waals surface area contributed by atoms with Gasteiger partial charge in [-0.3, -0.25) is 14.3 Å². The summed E-state index contributed by atoms with van der Waals surface area (Å²) in [4.78, 5) is 29.3.